The highest BCUT2D eigenvalue weighted by molar-refractivity contribution is 7.92. The molecule has 3 aromatic rings. The fraction of sp³-hybridized carbons (Fsp3) is 0.360. The van der Waals surface area contributed by atoms with Crippen molar-refractivity contribution in [2.24, 2.45) is 5.92 Å². The number of para-hydroxylation sites is 1. The molecule has 0 unspecified atom stereocenters. The van der Waals surface area contributed by atoms with E-state index in [0.717, 1.165) is 18.4 Å². The van der Waals surface area contributed by atoms with Crippen LogP contribution in [0.3, 0.4) is 0 Å². The van der Waals surface area contributed by atoms with Gasteiger partial charge in [-0.25, -0.2) is 8.42 Å². The van der Waals surface area contributed by atoms with Gasteiger partial charge in [-0.1, -0.05) is 32.0 Å². The van der Waals surface area contributed by atoms with E-state index in [1.807, 2.05) is 19.1 Å². The number of piperidine rings is 1. The topological polar surface area (TPSA) is 90.6 Å². The second-order valence-electron chi connectivity index (χ2n) is 8.67. The first-order chi connectivity index (χ1) is 15.7. The van der Waals surface area contributed by atoms with Crippen molar-refractivity contribution >= 4 is 32.5 Å². The van der Waals surface area contributed by atoms with Gasteiger partial charge in [0.2, 0.25) is 5.43 Å². The Morgan fingerprint density at radius 1 is 1.15 bits per heavy atom. The lowest BCUT2D eigenvalue weighted by Crippen LogP contribution is -2.40. The van der Waals surface area contributed by atoms with Crippen molar-refractivity contribution in [3.05, 3.63) is 70.0 Å². The first kappa shape index (κ1) is 23.0. The van der Waals surface area contributed by atoms with Crippen molar-refractivity contribution in [3.63, 3.8) is 0 Å². The van der Waals surface area contributed by atoms with Gasteiger partial charge in [-0.05, 0) is 55.0 Å². The van der Waals surface area contributed by atoms with Crippen molar-refractivity contribution in [2.45, 2.75) is 38.0 Å². The van der Waals surface area contributed by atoms with E-state index in [9.17, 15) is 18.0 Å². The maximum absolute atomic E-state index is 13.4. The molecule has 1 fully saturated rings. The summed E-state index contributed by atoms with van der Waals surface area (Å²) >= 11 is 0. The van der Waals surface area contributed by atoms with E-state index in [-0.39, 0.29) is 21.8 Å². The predicted octanol–water partition coefficient (Wildman–Crippen LogP) is 3.79. The number of aromatic nitrogens is 1. The average molecular weight is 468 g/mol. The second kappa shape index (κ2) is 9.02. The minimum atomic E-state index is -3.91. The molecule has 1 saturated heterocycles. The number of carbonyl (C=O) groups excluding carboxylic acids is 1. The molecule has 174 valence electrons. The third-order valence-corrected chi connectivity index (χ3v) is 8.29. The number of fused-ring (bicyclic) bond motifs is 1. The van der Waals surface area contributed by atoms with Gasteiger partial charge in [0.25, 0.3) is 15.9 Å². The van der Waals surface area contributed by atoms with Crippen LogP contribution in [0.4, 0.5) is 5.69 Å². The van der Waals surface area contributed by atoms with Crippen LogP contribution in [0.1, 0.15) is 42.6 Å². The number of aromatic amines is 1. The monoisotopic (exact) mass is 467 g/mol. The maximum atomic E-state index is 13.4. The number of anilines is 1. The smallest absolute Gasteiger partial charge is 0.264 e. The van der Waals surface area contributed by atoms with Gasteiger partial charge in [0, 0.05) is 37.2 Å². The molecule has 0 saturated carbocycles. The molecule has 33 heavy (non-hydrogen) atoms. The Morgan fingerprint density at radius 3 is 2.55 bits per heavy atom. The molecule has 1 N–H and O–H groups in total. The molecule has 1 aliphatic rings. The molecular weight excluding hydrogens is 438 g/mol. The molecule has 1 amide bonds. The van der Waals surface area contributed by atoms with Crippen LogP contribution in [0.5, 0.6) is 0 Å². The summed E-state index contributed by atoms with van der Waals surface area (Å²) in [5, 5.41) is 0.185. The van der Waals surface area contributed by atoms with E-state index >= 15 is 0 Å². The first-order valence-corrected chi connectivity index (χ1v) is 12.7. The molecule has 0 bridgehead atoms. The number of amides is 1. The lowest BCUT2D eigenvalue weighted by molar-refractivity contribution is 0.0696. The Bertz CT molecular complexity index is 1360. The van der Waals surface area contributed by atoms with E-state index in [4.69, 9.17) is 0 Å². The molecular formula is C25H29N3O4S. The number of H-pyrrole nitrogens is 1. The fourth-order valence-electron chi connectivity index (χ4n) is 4.30. The number of hydrogen-bond donors (Lipinski definition) is 1. The molecule has 4 rings (SSSR count). The Labute approximate surface area is 194 Å². The molecule has 1 aromatic heterocycles. The number of nitrogens with one attached hydrogen (secondary N) is 1. The third kappa shape index (κ3) is 4.27. The molecule has 1 aliphatic heterocycles. The summed E-state index contributed by atoms with van der Waals surface area (Å²) in [5.41, 5.74) is 1.57. The lowest BCUT2D eigenvalue weighted by atomic mass is 9.98. The van der Waals surface area contributed by atoms with Gasteiger partial charge >= 0.3 is 0 Å². The number of nitrogens with zero attached hydrogens (tertiary/aromatic N) is 2. The molecule has 8 heteroatoms. The van der Waals surface area contributed by atoms with Crippen LogP contribution in [-0.2, 0) is 16.4 Å². The van der Waals surface area contributed by atoms with Crippen molar-refractivity contribution in [2.75, 3.05) is 24.4 Å². The SMILES string of the molecule is CCc1ccccc1N(C)S(=O)(=O)c1ccc2[nH]cc(C(=O)N3CCC(C)CC3)c(=O)c2c1. The summed E-state index contributed by atoms with van der Waals surface area (Å²) in [5.74, 6) is 0.249. The normalized spacial score (nSPS) is 15.1. The number of carbonyl (C=O) groups is 1. The standard InChI is InChI=1S/C25H29N3O4S/c1-4-18-7-5-6-8-23(18)27(3)33(31,32)19-9-10-22-20(15-19)24(29)21(16-26-22)25(30)28-13-11-17(2)12-14-28/h5-10,15-17H,4,11-14H2,1-3H3,(H,26,29). The summed E-state index contributed by atoms with van der Waals surface area (Å²) in [6, 6.07) is 11.7. The Hall–Kier alpha value is -3.13. The van der Waals surface area contributed by atoms with Crippen molar-refractivity contribution in [3.8, 4) is 0 Å². The number of rotatable bonds is 5. The van der Waals surface area contributed by atoms with Gasteiger partial charge in [0.15, 0.2) is 0 Å². The van der Waals surface area contributed by atoms with Crippen LogP contribution in [-0.4, -0.2) is 44.3 Å². The average Bonchev–Trinajstić information content (AvgIpc) is 2.83. The van der Waals surface area contributed by atoms with Gasteiger partial charge in [-0.2, -0.15) is 0 Å². The Morgan fingerprint density at radius 2 is 1.85 bits per heavy atom. The zero-order chi connectivity index (χ0) is 23.8. The maximum Gasteiger partial charge on any atom is 0.264 e. The zero-order valence-corrected chi connectivity index (χ0v) is 20.0. The highest BCUT2D eigenvalue weighted by Crippen LogP contribution is 2.27. The molecule has 0 radical (unpaired) electrons. The number of hydrogen-bond acceptors (Lipinski definition) is 4. The van der Waals surface area contributed by atoms with Crippen LogP contribution in [0.25, 0.3) is 10.9 Å². The third-order valence-electron chi connectivity index (χ3n) is 6.52. The number of benzene rings is 2. The number of likely N-dealkylation sites (tertiary alicyclic amines) is 1. The Kier molecular flexibility index (Phi) is 6.30. The van der Waals surface area contributed by atoms with E-state index in [1.165, 1.54) is 29.7 Å². The van der Waals surface area contributed by atoms with Gasteiger partial charge < -0.3 is 9.88 Å². The largest absolute Gasteiger partial charge is 0.360 e. The molecule has 0 atom stereocenters. The van der Waals surface area contributed by atoms with Gasteiger partial charge in [0.1, 0.15) is 5.56 Å². The first-order valence-electron chi connectivity index (χ1n) is 11.3. The number of aryl methyl sites for hydroxylation is 1. The summed E-state index contributed by atoms with van der Waals surface area (Å²) in [6.45, 7) is 5.36. The van der Waals surface area contributed by atoms with Gasteiger partial charge in [0.05, 0.1) is 10.6 Å². The van der Waals surface area contributed by atoms with Crippen LogP contribution in [0, 0.1) is 5.92 Å². The van der Waals surface area contributed by atoms with Gasteiger partial charge in [-0.15, -0.1) is 0 Å². The molecule has 0 spiro atoms. The van der Waals surface area contributed by atoms with Crippen molar-refractivity contribution < 1.29 is 13.2 Å². The summed E-state index contributed by atoms with van der Waals surface area (Å²) in [7, 11) is -2.40. The van der Waals surface area contributed by atoms with E-state index < -0.39 is 15.5 Å². The second-order valence-corrected chi connectivity index (χ2v) is 10.6. The molecule has 7 nitrogen and oxygen atoms in total. The minimum Gasteiger partial charge on any atom is -0.360 e. The van der Waals surface area contributed by atoms with Crippen molar-refractivity contribution in [1.82, 2.24) is 9.88 Å². The molecule has 2 heterocycles. The van der Waals surface area contributed by atoms with Crippen LogP contribution < -0.4 is 9.73 Å². The zero-order valence-electron chi connectivity index (χ0n) is 19.2. The molecule has 0 aliphatic carbocycles. The van der Waals surface area contributed by atoms with Crippen LogP contribution >= 0.6 is 0 Å². The van der Waals surface area contributed by atoms with Crippen LogP contribution in [0.2, 0.25) is 0 Å². The summed E-state index contributed by atoms with van der Waals surface area (Å²) < 4.78 is 28.0. The number of sulfonamides is 1. The fourth-order valence-corrected chi connectivity index (χ4v) is 5.56. The van der Waals surface area contributed by atoms with E-state index in [0.29, 0.717) is 36.6 Å². The van der Waals surface area contributed by atoms with E-state index in [1.54, 1.807) is 23.1 Å². The minimum absolute atomic E-state index is 0.00491. The highest BCUT2D eigenvalue weighted by Gasteiger charge is 2.26. The van der Waals surface area contributed by atoms with Crippen LogP contribution in [0.15, 0.2) is 58.4 Å². The predicted molar refractivity (Wildman–Crippen MR) is 130 cm³/mol. The lowest BCUT2D eigenvalue weighted by Gasteiger charge is -2.30. The van der Waals surface area contributed by atoms with Crippen molar-refractivity contribution in [1.29, 1.82) is 0 Å². The Balaban J connectivity index is 1.73. The highest BCUT2D eigenvalue weighted by atomic mass is 32.2. The number of pyridine rings is 1. The van der Waals surface area contributed by atoms with E-state index in [2.05, 4.69) is 11.9 Å². The van der Waals surface area contributed by atoms with Gasteiger partial charge in [-0.3, -0.25) is 13.9 Å². The molecule has 2 aromatic carbocycles. The summed E-state index contributed by atoms with van der Waals surface area (Å²) in [4.78, 5) is 30.9. The summed E-state index contributed by atoms with van der Waals surface area (Å²) in [6.07, 6.45) is 3.94. The quantitative estimate of drug-likeness (QED) is 0.618.